The topological polar surface area (TPSA) is 120 Å². The molecule has 0 radical (unpaired) electrons. The summed E-state index contributed by atoms with van der Waals surface area (Å²) < 4.78 is 19.2. The van der Waals surface area contributed by atoms with Gasteiger partial charge in [-0.05, 0) is 56.0 Å². The van der Waals surface area contributed by atoms with Crippen LogP contribution in [-0.4, -0.2) is 73.7 Å². The average Bonchev–Trinajstić information content (AvgIpc) is 3.50. The minimum absolute atomic E-state index is 0.0121. The van der Waals surface area contributed by atoms with Crippen LogP contribution in [0.15, 0.2) is 48.0 Å². The molecule has 0 aliphatic carbocycles. The normalized spacial score (nSPS) is 17.8. The molecule has 246 valence electrons. The van der Waals surface area contributed by atoms with Crippen molar-refractivity contribution in [1.82, 2.24) is 29.6 Å². The summed E-state index contributed by atoms with van der Waals surface area (Å²) in [7, 11) is 1.58. The number of halogens is 2. The highest BCUT2D eigenvalue weighted by Crippen LogP contribution is 2.50. The van der Waals surface area contributed by atoms with E-state index in [4.69, 9.17) is 11.6 Å². The molecule has 5 aromatic rings. The molecule has 5 heterocycles. The van der Waals surface area contributed by atoms with Crippen LogP contribution in [-0.2, 0) is 9.59 Å². The van der Waals surface area contributed by atoms with Gasteiger partial charge in [-0.3, -0.25) is 24.2 Å². The van der Waals surface area contributed by atoms with Crippen molar-refractivity contribution in [2.24, 2.45) is 0 Å². The minimum Gasteiger partial charge on any atom is -0.337 e. The summed E-state index contributed by atoms with van der Waals surface area (Å²) in [6, 6.07) is 4.04. The number of anilines is 2. The summed E-state index contributed by atoms with van der Waals surface area (Å²) in [5, 5.41) is 7.95. The van der Waals surface area contributed by atoms with Gasteiger partial charge >= 0.3 is 5.69 Å². The third-order valence-corrected chi connectivity index (χ3v) is 9.91. The molecule has 2 amide bonds. The molecular formula is C35H34ClFN8O3. The quantitative estimate of drug-likeness (QED) is 0.254. The number of hydrogen-bond donors (Lipinski definition) is 1. The van der Waals surface area contributed by atoms with E-state index in [9.17, 15) is 14.4 Å². The summed E-state index contributed by atoms with van der Waals surface area (Å²) in [6.07, 6.45) is 4.47. The fourth-order valence-electron chi connectivity index (χ4n) is 7.33. The highest BCUT2D eigenvalue weighted by atomic mass is 35.5. The number of likely N-dealkylation sites (N-methyl/N-ethyl adjacent to an activating group) is 1. The van der Waals surface area contributed by atoms with Crippen molar-refractivity contribution in [2.75, 3.05) is 29.9 Å². The van der Waals surface area contributed by atoms with E-state index >= 15 is 4.39 Å². The van der Waals surface area contributed by atoms with Crippen LogP contribution in [0.3, 0.4) is 0 Å². The molecule has 48 heavy (non-hydrogen) atoms. The fourth-order valence-corrected chi connectivity index (χ4v) is 7.73. The zero-order chi connectivity index (χ0) is 34.3. The molecule has 0 bridgehead atoms. The van der Waals surface area contributed by atoms with Crippen LogP contribution < -0.4 is 15.5 Å². The second kappa shape index (κ2) is 11.3. The summed E-state index contributed by atoms with van der Waals surface area (Å²) in [5.74, 6) is -1.46. The van der Waals surface area contributed by atoms with Gasteiger partial charge in [0, 0.05) is 42.3 Å². The standard InChI is InChI=1S/C35H34ClFN8O3/c1-8-23(46)43-14-19(6)44-22(15-43)34(47)42(7)31-26-32(28(37)25(27(31)36)24-17(4)9-10-21-20(24)13-39-41-21)45(35(48)40-33(26)44)30-18(5)11-12-38-29(30)16(2)3/h8-13,16,19,22H,1,14-15H2,2-7H3,(H,39,41). The van der Waals surface area contributed by atoms with Crippen molar-refractivity contribution >= 4 is 56.7 Å². The fraction of sp³-hybridized carbons (Fsp3) is 0.314. The van der Waals surface area contributed by atoms with Crippen LogP contribution >= 0.6 is 11.6 Å². The molecule has 0 saturated carbocycles. The van der Waals surface area contributed by atoms with E-state index in [1.165, 1.54) is 15.5 Å². The highest BCUT2D eigenvalue weighted by Gasteiger charge is 2.45. The molecule has 2 atom stereocenters. The minimum atomic E-state index is -0.936. The average molecular weight is 669 g/mol. The third-order valence-electron chi connectivity index (χ3n) is 9.55. The van der Waals surface area contributed by atoms with Crippen LogP contribution in [0.2, 0.25) is 5.02 Å². The molecule has 7 rings (SSSR count). The van der Waals surface area contributed by atoms with Gasteiger partial charge in [-0.2, -0.15) is 10.1 Å². The SMILES string of the molecule is C=CC(=O)N1CC(C)N2c3nc(=O)n(-c4c(C)ccnc4C(C)C)c4c(F)c(-c5c(C)ccc6[nH]ncc56)c(Cl)c(c34)N(C)C(=O)C2C1. The maximum atomic E-state index is 17.9. The lowest BCUT2D eigenvalue weighted by molar-refractivity contribution is -0.129. The number of nitrogens with zero attached hydrogens (tertiary/aromatic N) is 7. The van der Waals surface area contributed by atoms with Gasteiger partial charge in [0.1, 0.15) is 17.4 Å². The molecule has 2 aromatic carbocycles. The first-order valence-corrected chi connectivity index (χ1v) is 16.1. The number of pyridine rings is 1. The van der Waals surface area contributed by atoms with Crippen LogP contribution in [0.5, 0.6) is 0 Å². The van der Waals surface area contributed by atoms with Crippen molar-refractivity contribution in [2.45, 2.75) is 52.6 Å². The molecule has 1 N–H and O–H groups in total. The van der Waals surface area contributed by atoms with E-state index in [2.05, 4.69) is 26.7 Å². The Bertz CT molecular complexity index is 2280. The number of carbonyl (C=O) groups excluding carboxylic acids is 2. The van der Waals surface area contributed by atoms with Gasteiger partial charge in [-0.15, -0.1) is 0 Å². The molecule has 2 unspecified atom stereocenters. The molecule has 3 aromatic heterocycles. The number of benzene rings is 2. The number of piperazine rings is 1. The molecule has 1 fully saturated rings. The smallest absolute Gasteiger partial charge is 0.337 e. The van der Waals surface area contributed by atoms with Crippen molar-refractivity contribution in [3.63, 3.8) is 0 Å². The lowest BCUT2D eigenvalue weighted by Crippen LogP contribution is -2.63. The summed E-state index contributed by atoms with van der Waals surface area (Å²) in [6.45, 7) is 13.3. The number of H-pyrrole nitrogens is 1. The van der Waals surface area contributed by atoms with Gasteiger partial charge < -0.3 is 14.7 Å². The monoisotopic (exact) mass is 668 g/mol. The Kier molecular flexibility index (Phi) is 7.39. The lowest BCUT2D eigenvalue weighted by atomic mass is 9.93. The Morgan fingerprint density at radius 3 is 2.58 bits per heavy atom. The Morgan fingerprint density at radius 1 is 1.12 bits per heavy atom. The number of hydrogen-bond acceptors (Lipinski definition) is 7. The molecule has 1 saturated heterocycles. The number of aromatic nitrogens is 5. The Labute approximate surface area is 280 Å². The summed E-state index contributed by atoms with van der Waals surface area (Å²) in [5.41, 5.74) is 2.97. The first-order chi connectivity index (χ1) is 22.9. The maximum Gasteiger partial charge on any atom is 0.354 e. The van der Waals surface area contributed by atoms with E-state index in [0.717, 1.165) is 0 Å². The third kappa shape index (κ3) is 4.38. The molecule has 2 aliphatic rings. The van der Waals surface area contributed by atoms with Crippen LogP contribution in [0, 0.1) is 19.7 Å². The number of aryl methyl sites for hydroxylation is 2. The van der Waals surface area contributed by atoms with Gasteiger partial charge in [0.25, 0.3) is 5.91 Å². The van der Waals surface area contributed by atoms with Gasteiger partial charge in [0.05, 0.1) is 45.7 Å². The number of rotatable bonds is 4. The van der Waals surface area contributed by atoms with Gasteiger partial charge in [0.2, 0.25) is 5.91 Å². The molecule has 11 nitrogen and oxygen atoms in total. The first-order valence-electron chi connectivity index (χ1n) is 15.7. The lowest BCUT2D eigenvalue weighted by Gasteiger charge is -2.45. The van der Waals surface area contributed by atoms with Gasteiger partial charge in [-0.1, -0.05) is 38.1 Å². The van der Waals surface area contributed by atoms with E-state index in [-0.39, 0.29) is 63.8 Å². The highest BCUT2D eigenvalue weighted by molar-refractivity contribution is 6.40. The second-order valence-electron chi connectivity index (χ2n) is 12.9. The van der Waals surface area contributed by atoms with Crippen molar-refractivity contribution in [3.05, 3.63) is 81.4 Å². The zero-order valence-electron chi connectivity index (χ0n) is 27.4. The van der Waals surface area contributed by atoms with E-state index in [1.807, 2.05) is 46.8 Å². The number of nitrogens with one attached hydrogen (secondary N) is 1. The van der Waals surface area contributed by atoms with Gasteiger partial charge in [-0.25, -0.2) is 9.18 Å². The van der Waals surface area contributed by atoms with Crippen LogP contribution in [0.4, 0.5) is 15.9 Å². The van der Waals surface area contributed by atoms with Gasteiger partial charge in [0.15, 0.2) is 5.82 Å². The number of fused-ring (bicyclic) bond motifs is 3. The maximum absolute atomic E-state index is 17.9. The van der Waals surface area contributed by atoms with Crippen LogP contribution in [0.1, 0.15) is 43.5 Å². The van der Waals surface area contributed by atoms with E-state index < -0.39 is 23.6 Å². The Balaban J connectivity index is 1.69. The predicted octanol–water partition coefficient (Wildman–Crippen LogP) is 5.42. The second-order valence-corrected chi connectivity index (χ2v) is 13.2. The zero-order valence-corrected chi connectivity index (χ0v) is 28.2. The van der Waals surface area contributed by atoms with Crippen molar-refractivity contribution in [3.8, 4) is 16.8 Å². The Hall–Kier alpha value is -5.10. The summed E-state index contributed by atoms with van der Waals surface area (Å²) >= 11 is 7.30. The first kappa shape index (κ1) is 31.5. The van der Waals surface area contributed by atoms with E-state index in [1.54, 1.807) is 35.3 Å². The number of carbonyl (C=O) groups is 2. The summed E-state index contributed by atoms with van der Waals surface area (Å²) in [4.78, 5) is 55.6. The van der Waals surface area contributed by atoms with Crippen molar-refractivity contribution < 1.29 is 14.0 Å². The molecule has 13 heteroatoms. The largest absolute Gasteiger partial charge is 0.354 e. The van der Waals surface area contributed by atoms with Crippen LogP contribution in [0.25, 0.3) is 38.6 Å². The van der Waals surface area contributed by atoms with E-state index in [0.29, 0.717) is 39.0 Å². The molecule has 2 aliphatic heterocycles. The molecular weight excluding hydrogens is 635 g/mol. The number of aromatic amines is 1. The predicted molar refractivity (Wildman–Crippen MR) is 185 cm³/mol. The van der Waals surface area contributed by atoms with Crippen molar-refractivity contribution in [1.29, 1.82) is 0 Å². The number of amides is 2. The Morgan fingerprint density at radius 2 is 1.88 bits per heavy atom. The molecule has 0 spiro atoms.